The van der Waals surface area contributed by atoms with Crippen LogP contribution < -0.4 is 5.32 Å². The minimum Gasteiger partial charge on any atom is -0.467 e. The number of carbonyl (C=O) groups is 2. The summed E-state index contributed by atoms with van der Waals surface area (Å²) in [7, 11) is 1.37. The van der Waals surface area contributed by atoms with Crippen LogP contribution in [0.2, 0.25) is 0 Å². The predicted molar refractivity (Wildman–Crippen MR) is 167 cm³/mol. The van der Waals surface area contributed by atoms with E-state index in [-0.39, 0.29) is 24.0 Å². The molecular weight excluding hydrogens is 538 g/mol. The van der Waals surface area contributed by atoms with E-state index in [0.717, 1.165) is 49.0 Å². The lowest BCUT2D eigenvalue weighted by atomic mass is 9.44. The molecule has 43 heavy (non-hydrogen) atoms. The molecular formula is C37H55NO5. The monoisotopic (exact) mass is 593 g/mol. The first-order chi connectivity index (χ1) is 20.5. The van der Waals surface area contributed by atoms with Crippen molar-refractivity contribution in [3.63, 3.8) is 0 Å². The van der Waals surface area contributed by atoms with E-state index in [1.54, 1.807) is 0 Å². The fourth-order valence-electron chi connectivity index (χ4n) is 11.3. The molecule has 6 heteroatoms. The van der Waals surface area contributed by atoms with Crippen molar-refractivity contribution in [1.82, 2.24) is 5.32 Å². The molecule has 5 aliphatic rings. The molecule has 1 heterocycles. The molecule has 1 unspecified atom stereocenters. The summed E-state index contributed by atoms with van der Waals surface area (Å²) >= 11 is 0. The van der Waals surface area contributed by atoms with Gasteiger partial charge in [-0.15, -0.1) is 0 Å². The number of esters is 1. The van der Waals surface area contributed by atoms with Gasteiger partial charge in [-0.1, -0.05) is 58.0 Å². The second-order valence-corrected chi connectivity index (χ2v) is 15.7. The van der Waals surface area contributed by atoms with E-state index in [4.69, 9.17) is 9.47 Å². The van der Waals surface area contributed by atoms with Crippen molar-refractivity contribution < 1.29 is 24.2 Å². The number of hydrogen-bond donors (Lipinski definition) is 2. The number of aliphatic hydroxyl groups is 1. The van der Waals surface area contributed by atoms with Gasteiger partial charge in [0.25, 0.3) is 0 Å². The van der Waals surface area contributed by atoms with Crippen LogP contribution in [0.5, 0.6) is 0 Å². The molecule has 5 fully saturated rings. The molecule has 1 saturated heterocycles. The van der Waals surface area contributed by atoms with Crippen molar-refractivity contribution in [3.8, 4) is 0 Å². The van der Waals surface area contributed by atoms with E-state index in [1.807, 2.05) is 37.3 Å². The van der Waals surface area contributed by atoms with Crippen molar-refractivity contribution >= 4 is 11.9 Å². The summed E-state index contributed by atoms with van der Waals surface area (Å²) < 4.78 is 11.9. The minimum atomic E-state index is -0.689. The van der Waals surface area contributed by atoms with Crippen LogP contribution in [0, 0.1) is 52.3 Å². The Hall–Kier alpha value is -1.92. The molecule has 0 radical (unpaired) electrons. The lowest BCUT2D eigenvalue weighted by Gasteiger charge is -2.61. The van der Waals surface area contributed by atoms with Gasteiger partial charge in [-0.3, -0.25) is 4.79 Å². The third-order valence-electron chi connectivity index (χ3n) is 13.6. The number of amides is 1. The van der Waals surface area contributed by atoms with E-state index >= 15 is 0 Å². The van der Waals surface area contributed by atoms with E-state index in [0.29, 0.717) is 41.1 Å². The topological polar surface area (TPSA) is 84.9 Å². The lowest BCUT2D eigenvalue weighted by Crippen LogP contribution is -2.54. The van der Waals surface area contributed by atoms with Crippen molar-refractivity contribution in [2.45, 2.75) is 123 Å². The molecule has 0 spiro atoms. The zero-order chi connectivity index (χ0) is 30.5. The van der Waals surface area contributed by atoms with Crippen LogP contribution >= 0.6 is 0 Å². The highest BCUT2D eigenvalue weighted by Gasteiger charge is 2.65. The van der Waals surface area contributed by atoms with Gasteiger partial charge in [0.05, 0.1) is 25.4 Å². The van der Waals surface area contributed by atoms with Crippen LogP contribution in [0.25, 0.3) is 0 Å². The quantitative estimate of drug-likeness (QED) is 0.344. The highest BCUT2D eigenvalue weighted by atomic mass is 16.5. The number of aliphatic hydroxyl groups excluding tert-OH is 1. The Morgan fingerprint density at radius 1 is 1.05 bits per heavy atom. The fraction of sp³-hybridized carbons (Fsp3) is 0.784. The van der Waals surface area contributed by atoms with Crippen LogP contribution in [0.1, 0.15) is 97.5 Å². The summed E-state index contributed by atoms with van der Waals surface area (Å²) in [5, 5.41) is 13.4. The van der Waals surface area contributed by atoms with Gasteiger partial charge < -0.3 is 19.9 Å². The van der Waals surface area contributed by atoms with E-state index in [2.05, 4.69) is 26.1 Å². The van der Waals surface area contributed by atoms with Gasteiger partial charge >= 0.3 is 5.97 Å². The molecule has 13 atom stereocenters. The third kappa shape index (κ3) is 5.58. The van der Waals surface area contributed by atoms with Crippen molar-refractivity contribution in [2.75, 3.05) is 7.11 Å². The van der Waals surface area contributed by atoms with Crippen molar-refractivity contribution in [1.29, 1.82) is 0 Å². The van der Waals surface area contributed by atoms with Gasteiger partial charge in [-0.25, -0.2) is 4.79 Å². The maximum atomic E-state index is 13.2. The molecule has 0 bridgehead atoms. The average molecular weight is 594 g/mol. The van der Waals surface area contributed by atoms with Gasteiger partial charge in [0, 0.05) is 12.3 Å². The summed E-state index contributed by atoms with van der Waals surface area (Å²) in [4.78, 5) is 25.7. The summed E-state index contributed by atoms with van der Waals surface area (Å²) in [5.74, 6) is 3.43. The Morgan fingerprint density at radius 2 is 1.79 bits per heavy atom. The van der Waals surface area contributed by atoms with Gasteiger partial charge in [-0.2, -0.15) is 0 Å². The number of hydrogen-bond acceptors (Lipinski definition) is 5. The number of fused-ring (bicyclic) bond motifs is 7. The Morgan fingerprint density at radius 3 is 2.53 bits per heavy atom. The molecule has 4 aliphatic carbocycles. The average Bonchev–Trinajstić information content (AvgIpc) is 3.48. The number of rotatable bonds is 8. The largest absolute Gasteiger partial charge is 0.467 e. The van der Waals surface area contributed by atoms with Crippen LogP contribution in [0.15, 0.2) is 30.3 Å². The number of carbonyl (C=O) groups excluding carboxylic acids is 2. The highest BCUT2D eigenvalue weighted by molar-refractivity contribution is 5.85. The first-order valence-corrected chi connectivity index (χ1v) is 17.3. The van der Waals surface area contributed by atoms with Gasteiger partial charge in [-0.05, 0) is 116 Å². The zero-order valence-corrected chi connectivity index (χ0v) is 27.1. The van der Waals surface area contributed by atoms with Crippen LogP contribution in [0.3, 0.4) is 0 Å². The number of methoxy groups -OCH3 is 1. The maximum Gasteiger partial charge on any atom is 0.328 e. The van der Waals surface area contributed by atoms with E-state index in [1.165, 1.54) is 45.6 Å². The minimum absolute atomic E-state index is 0.0853. The summed E-state index contributed by atoms with van der Waals surface area (Å²) in [5.41, 5.74) is 1.73. The maximum absolute atomic E-state index is 13.2. The molecule has 1 aromatic carbocycles. The molecule has 2 N–H and O–H groups in total. The first-order valence-electron chi connectivity index (χ1n) is 17.3. The van der Waals surface area contributed by atoms with Gasteiger partial charge in [0.2, 0.25) is 5.91 Å². The second kappa shape index (κ2) is 12.1. The number of ether oxygens (including phenoxy) is 2. The predicted octanol–water partition coefficient (Wildman–Crippen LogP) is 6.34. The number of benzene rings is 1. The standard InChI is InChI=1S/C37H55NO5/c1-22(34(40)38-30(35(41)42-5)19-24-9-7-6-8-10-24)11-14-31-23(2)33-32(43-31)21-29-27-13-12-25-20-26(39)15-17-36(25,3)28(27)16-18-37(29,33)4/h6-10,22-23,25-33,39H,11-21H2,1-5H3,(H,38,40)/t22-,23+,25+,26-,27+,28-,29-,30?,31+,32-,33-,36-,37-/m0/s1. The van der Waals surface area contributed by atoms with Crippen LogP contribution in [-0.4, -0.2) is 48.4 Å². The van der Waals surface area contributed by atoms with Crippen molar-refractivity contribution in [2.24, 2.45) is 52.3 Å². The molecule has 1 aromatic rings. The normalized spacial score (nSPS) is 43.0. The summed E-state index contributed by atoms with van der Waals surface area (Å²) in [6.45, 7) is 9.54. The summed E-state index contributed by atoms with van der Waals surface area (Å²) in [6, 6.07) is 9.06. The number of nitrogens with one attached hydrogen (secondary N) is 1. The SMILES string of the molecule is COC(=O)C(Cc1ccccc1)NC(=O)[C@@H](C)CC[C@H]1O[C@H]2C[C@H]3[C@@H]4CC[C@@H]5C[C@@H](O)CC[C@]5(C)[C@H]4CC[C@]3(C)[C@H]2[C@@H]1C. The van der Waals surface area contributed by atoms with E-state index < -0.39 is 12.0 Å². The van der Waals surface area contributed by atoms with Crippen molar-refractivity contribution in [3.05, 3.63) is 35.9 Å². The molecule has 6 rings (SSSR count). The van der Waals surface area contributed by atoms with Crippen LogP contribution in [0.4, 0.5) is 0 Å². The molecule has 238 valence electrons. The van der Waals surface area contributed by atoms with Crippen LogP contribution in [-0.2, 0) is 25.5 Å². The first kappa shape index (κ1) is 31.1. The Kier molecular flexibility index (Phi) is 8.76. The molecule has 4 saturated carbocycles. The van der Waals surface area contributed by atoms with E-state index in [9.17, 15) is 14.7 Å². The Bertz CT molecular complexity index is 1160. The molecule has 1 aliphatic heterocycles. The molecule has 1 amide bonds. The molecule has 0 aromatic heterocycles. The molecule has 6 nitrogen and oxygen atoms in total. The second-order valence-electron chi connectivity index (χ2n) is 15.7. The fourth-order valence-corrected chi connectivity index (χ4v) is 11.3. The van der Waals surface area contributed by atoms with Gasteiger partial charge in [0.1, 0.15) is 6.04 Å². The smallest absolute Gasteiger partial charge is 0.328 e. The third-order valence-corrected chi connectivity index (χ3v) is 13.6. The highest BCUT2D eigenvalue weighted by Crippen LogP contribution is 2.70. The van der Waals surface area contributed by atoms with Gasteiger partial charge in [0.15, 0.2) is 0 Å². The Balaban J connectivity index is 1.05. The lowest BCUT2D eigenvalue weighted by molar-refractivity contribution is -0.145. The zero-order valence-electron chi connectivity index (χ0n) is 27.1. The Labute approximate surface area is 259 Å². The summed E-state index contributed by atoms with van der Waals surface area (Å²) in [6.07, 6.45) is 12.1.